The molecule has 1 N–H and O–H groups in total. The number of nitrogens with zero attached hydrogens (tertiary/aromatic N) is 1. The molecule has 0 amide bonds. The Morgan fingerprint density at radius 3 is 2.89 bits per heavy atom. The van der Waals surface area contributed by atoms with E-state index in [-0.39, 0.29) is 5.02 Å². The van der Waals surface area contributed by atoms with E-state index in [1.807, 2.05) is 0 Å². The smallest absolute Gasteiger partial charge is 0.142 e. The van der Waals surface area contributed by atoms with Gasteiger partial charge < -0.3 is 5.11 Å². The fourth-order valence-electron chi connectivity index (χ4n) is 3.00. The monoisotopic (exact) mass is 281 g/mol. The molecule has 3 atom stereocenters. The molecule has 0 heterocycles. The van der Waals surface area contributed by atoms with Gasteiger partial charge in [0.05, 0.1) is 22.6 Å². The molecule has 0 radical (unpaired) electrons. The molecular formula is C15H17ClFNO. The Balaban J connectivity index is 2.32. The second-order valence-electron chi connectivity index (χ2n) is 5.55. The van der Waals surface area contributed by atoms with Gasteiger partial charge in [0.25, 0.3) is 0 Å². The van der Waals surface area contributed by atoms with Crippen LogP contribution in [-0.2, 0) is 0 Å². The van der Waals surface area contributed by atoms with Crippen LogP contribution in [0.15, 0.2) is 18.2 Å². The molecule has 1 saturated carbocycles. The maximum absolute atomic E-state index is 13.5. The molecular weight excluding hydrogens is 265 g/mol. The summed E-state index contributed by atoms with van der Waals surface area (Å²) in [6.45, 7) is 2.08. The Morgan fingerprint density at radius 2 is 2.32 bits per heavy atom. The van der Waals surface area contributed by atoms with Crippen LogP contribution in [0.3, 0.4) is 0 Å². The van der Waals surface area contributed by atoms with Crippen molar-refractivity contribution in [3.8, 4) is 6.07 Å². The molecule has 1 aliphatic carbocycles. The number of aliphatic hydroxyl groups excluding tert-OH is 1. The first-order valence-corrected chi connectivity index (χ1v) is 6.90. The first-order chi connectivity index (χ1) is 8.98. The van der Waals surface area contributed by atoms with Crippen LogP contribution in [-0.4, -0.2) is 5.11 Å². The van der Waals surface area contributed by atoms with Gasteiger partial charge in [-0.1, -0.05) is 37.4 Å². The number of hydrogen-bond acceptors (Lipinski definition) is 2. The van der Waals surface area contributed by atoms with Crippen molar-refractivity contribution in [1.29, 1.82) is 5.26 Å². The number of halogens is 2. The lowest BCUT2D eigenvalue weighted by molar-refractivity contribution is 0.0217. The minimum absolute atomic E-state index is 0.0268. The third-order valence-electron chi connectivity index (χ3n) is 4.04. The second kappa shape index (κ2) is 5.48. The molecule has 0 bridgehead atoms. The van der Waals surface area contributed by atoms with Crippen molar-refractivity contribution in [2.45, 2.75) is 38.7 Å². The van der Waals surface area contributed by atoms with E-state index >= 15 is 0 Å². The zero-order valence-corrected chi connectivity index (χ0v) is 11.6. The van der Waals surface area contributed by atoms with E-state index in [2.05, 4.69) is 13.0 Å². The zero-order chi connectivity index (χ0) is 14.0. The van der Waals surface area contributed by atoms with Gasteiger partial charge in [-0.3, -0.25) is 0 Å². The number of rotatable bonds is 2. The maximum Gasteiger partial charge on any atom is 0.142 e. The summed E-state index contributed by atoms with van der Waals surface area (Å²) in [6, 6.07) is 6.52. The largest absolute Gasteiger partial charge is 0.387 e. The predicted molar refractivity (Wildman–Crippen MR) is 72.0 cm³/mol. The first-order valence-electron chi connectivity index (χ1n) is 6.53. The summed E-state index contributed by atoms with van der Waals surface area (Å²) in [5.41, 5.74) is -0.379. The van der Waals surface area contributed by atoms with Gasteiger partial charge in [0.2, 0.25) is 0 Å². The van der Waals surface area contributed by atoms with E-state index in [9.17, 15) is 14.8 Å². The standard InChI is InChI=1S/C15H17ClFNO/c1-10-3-2-6-15(8-10,9-18)14(19)11-4-5-12(16)13(17)7-11/h4-5,7,10,14,19H,2-3,6,8H2,1H3. The molecule has 2 rings (SSSR count). The number of hydrogen-bond donors (Lipinski definition) is 1. The minimum Gasteiger partial charge on any atom is -0.387 e. The molecule has 0 aromatic heterocycles. The lowest BCUT2D eigenvalue weighted by Crippen LogP contribution is -2.33. The van der Waals surface area contributed by atoms with Crippen LogP contribution in [0.2, 0.25) is 5.02 Å². The Bertz CT molecular complexity index is 513. The van der Waals surface area contributed by atoms with Crippen molar-refractivity contribution < 1.29 is 9.50 Å². The molecule has 19 heavy (non-hydrogen) atoms. The molecule has 1 aromatic carbocycles. The Morgan fingerprint density at radius 1 is 1.58 bits per heavy atom. The van der Waals surface area contributed by atoms with Crippen LogP contribution in [0.25, 0.3) is 0 Å². The van der Waals surface area contributed by atoms with Crippen LogP contribution in [0.5, 0.6) is 0 Å². The quantitative estimate of drug-likeness (QED) is 0.881. The van der Waals surface area contributed by atoms with Gasteiger partial charge in [0.15, 0.2) is 0 Å². The third kappa shape index (κ3) is 2.75. The van der Waals surface area contributed by atoms with Gasteiger partial charge in [-0.05, 0) is 36.5 Å². The van der Waals surface area contributed by atoms with Crippen LogP contribution in [0.4, 0.5) is 4.39 Å². The van der Waals surface area contributed by atoms with E-state index < -0.39 is 17.3 Å². The SMILES string of the molecule is CC1CCCC(C#N)(C(O)c2ccc(Cl)c(F)c2)C1. The highest BCUT2D eigenvalue weighted by atomic mass is 35.5. The lowest BCUT2D eigenvalue weighted by Gasteiger charge is -2.38. The van der Waals surface area contributed by atoms with Gasteiger partial charge in [-0.2, -0.15) is 5.26 Å². The third-order valence-corrected chi connectivity index (χ3v) is 4.34. The summed E-state index contributed by atoms with van der Waals surface area (Å²) in [7, 11) is 0. The van der Waals surface area contributed by atoms with Gasteiger partial charge in [0, 0.05) is 0 Å². The highest BCUT2D eigenvalue weighted by Gasteiger charge is 2.42. The van der Waals surface area contributed by atoms with Crippen molar-refractivity contribution in [3.63, 3.8) is 0 Å². The minimum atomic E-state index is -0.966. The fourth-order valence-corrected chi connectivity index (χ4v) is 3.12. The summed E-state index contributed by atoms with van der Waals surface area (Å²) in [4.78, 5) is 0. The summed E-state index contributed by atoms with van der Waals surface area (Å²) >= 11 is 5.64. The molecule has 102 valence electrons. The van der Waals surface area contributed by atoms with Gasteiger partial charge in [-0.15, -0.1) is 0 Å². The molecule has 0 saturated heterocycles. The second-order valence-corrected chi connectivity index (χ2v) is 5.95. The fraction of sp³-hybridized carbons (Fsp3) is 0.533. The van der Waals surface area contributed by atoms with Gasteiger partial charge >= 0.3 is 0 Å². The van der Waals surface area contributed by atoms with Crippen molar-refractivity contribution >= 4 is 11.6 Å². The van der Waals surface area contributed by atoms with Gasteiger partial charge in [0.1, 0.15) is 5.82 Å². The molecule has 2 nitrogen and oxygen atoms in total. The van der Waals surface area contributed by atoms with Gasteiger partial charge in [-0.25, -0.2) is 4.39 Å². The summed E-state index contributed by atoms with van der Waals surface area (Å²) in [5.74, 6) is -0.157. The van der Waals surface area contributed by atoms with E-state index in [0.717, 1.165) is 12.8 Å². The number of nitriles is 1. The molecule has 0 aliphatic heterocycles. The number of aliphatic hydroxyl groups is 1. The maximum atomic E-state index is 13.5. The molecule has 1 aliphatic rings. The predicted octanol–water partition coefficient (Wildman–Crippen LogP) is 4.23. The first kappa shape index (κ1) is 14.3. The molecule has 1 aromatic rings. The van der Waals surface area contributed by atoms with Crippen LogP contribution in [0.1, 0.15) is 44.3 Å². The van der Waals surface area contributed by atoms with E-state index in [1.54, 1.807) is 6.07 Å². The molecule has 1 fully saturated rings. The topological polar surface area (TPSA) is 44.0 Å². The highest BCUT2D eigenvalue weighted by molar-refractivity contribution is 6.30. The molecule has 3 unspecified atom stereocenters. The van der Waals surface area contributed by atoms with Crippen LogP contribution >= 0.6 is 11.6 Å². The zero-order valence-electron chi connectivity index (χ0n) is 10.9. The summed E-state index contributed by atoms with van der Waals surface area (Å²) in [5, 5.41) is 20.0. The normalized spacial score (nSPS) is 28.7. The van der Waals surface area contributed by atoms with E-state index in [1.165, 1.54) is 12.1 Å². The number of benzene rings is 1. The van der Waals surface area contributed by atoms with E-state index in [0.29, 0.717) is 24.3 Å². The molecule has 0 spiro atoms. The van der Waals surface area contributed by atoms with Crippen molar-refractivity contribution in [1.82, 2.24) is 0 Å². The Labute approximate surface area is 117 Å². The Hall–Kier alpha value is -1.11. The van der Waals surface area contributed by atoms with Crippen LogP contribution < -0.4 is 0 Å². The van der Waals surface area contributed by atoms with Crippen molar-refractivity contribution in [2.75, 3.05) is 0 Å². The average Bonchev–Trinajstić information content (AvgIpc) is 2.41. The van der Waals surface area contributed by atoms with Crippen molar-refractivity contribution in [3.05, 3.63) is 34.6 Å². The van der Waals surface area contributed by atoms with Crippen LogP contribution in [0, 0.1) is 28.5 Å². The highest BCUT2D eigenvalue weighted by Crippen LogP contribution is 2.47. The average molecular weight is 282 g/mol. The summed E-state index contributed by atoms with van der Waals surface area (Å²) in [6.07, 6.45) is 2.33. The van der Waals surface area contributed by atoms with E-state index in [4.69, 9.17) is 11.6 Å². The van der Waals surface area contributed by atoms with Crippen molar-refractivity contribution in [2.24, 2.45) is 11.3 Å². The summed E-state index contributed by atoms with van der Waals surface area (Å²) < 4.78 is 13.5. The molecule has 4 heteroatoms. The lowest BCUT2D eigenvalue weighted by atomic mass is 9.66. The Kier molecular flexibility index (Phi) is 4.13.